The van der Waals surface area contributed by atoms with E-state index in [0.29, 0.717) is 0 Å². The van der Waals surface area contributed by atoms with Gasteiger partial charge in [0.25, 0.3) is 11.8 Å². The van der Waals surface area contributed by atoms with Crippen LogP contribution in [0.25, 0.3) is 0 Å². The molecule has 8 heteroatoms. The number of imide groups is 2. The van der Waals surface area contributed by atoms with Crippen LogP contribution in [0.4, 0.5) is 5.69 Å². The number of carbonyl (C=O) groups excluding carboxylic acids is 5. The summed E-state index contributed by atoms with van der Waals surface area (Å²) >= 11 is 0. The molecule has 1 saturated heterocycles. The summed E-state index contributed by atoms with van der Waals surface area (Å²) in [6, 6.07) is 3.63. The van der Waals surface area contributed by atoms with Gasteiger partial charge in [0.1, 0.15) is 6.04 Å². The minimum atomic E-state index is -1.02. The van der Waals surface area contributed by atoms with Gasteiger partial charge in [-0.2, -0.15) is 0 Å². The van der Waals surface area contributed by atoms with Crippen molar-refractivity contribution in [2.45, 2.75) is 31.7 Å². The SMILES string of the molecule is O=C1CCC(N2C(=O)c3cccc(NC(=O)C4CC4)c3C2=O)C(=O)N1. The molecule has 1 aromatic rings. The van der Waals surface area contributed by atoms with Crippen LogP contribution in [-0.4, -0.2) is 40.5 Å². The van der Waals surface area contributed by atoms with Gasteiger partial charge < -0.3 is 5.32 Å². The van der Waals surface area contributed by atoms with Gasteiger partial charge in [-0.15, -0.1) is 0 Å². The Hall–Kier alpha value is -3.03. The zero-order chi connectivity index (χ0) is 17.7. The number of fused-ring (bicyclic) bond motifs is 1. The topological polar surface area (TPSA) is 113 Å². The van der Waals surface area contributed by atoms with Gasteiger partial charge >= 0.3 is 0 Å². The molecule has 2 aliphatic heterocycles. The first-order chi connectivity index (χ1) is 12.0. The highest BCUT2D eigenvalue weighted by molar-refractivity contribution is 6.26. The first kappa shape index (κ1) is 15.5. The van der Waals surface area contributed by atoms with E-state index >= 15 is 0 Å². The molecule has 3 aliphatic rings. The quantitative estimate of drug-likeness (QED) is 0.775. The van der Waals surface area contributed by atoms with E-state index in [0.717, 1.165) is 17.7 Å². The normalized spacial score (nSPS) is 22.7. The third kappa shape index (κ3) is 2.50. The van der Waals surface area contributed by atoms with Gasteiger partial charge in [0, 0.05) is 12.3 Å². The molecule has 1 unspecified atom stereocenters. The number of anilines is 1. The van der Waals surface area contributed by atoms with E-state index in [1.54, 1.807) is 12.1 Å². The Balaban J connectivity index is 1.66. The van der Waals surface area contributed by atoms with Crippen molar-refractivity contribution in [1.29, 1.82) is 0 Å². The summed E-state index contributed by atoms with van der Waals surface area (Å²) in [4.78, 5) is 61.7. The number of carbonyl (C=O) groups is 5. The maximum absolute atomic E-state index is 12.8. The van der Waals surface area contributed by atoms with Crippen LogP contribution in [0.15, 0.2) is 18.2 Å². The van der Waals surface area contributed by atoms with Crippen LogP contribution >= 0.6 is 0 Å². The molecule has 4 rings (SSSR count). The lowest BCUT2D eigenvalue weighted by Crippen LogP contribution is -2.54. The fourth-order valence-corrected chi connectivity index (χ4v) is 3.20. The monoisotopic (exact) mass is 341 g/mol. The number of amides is 5. The highest BCUT2D eigenvalue weighted by atomic mass is 16.2. The van der Waals surface area contributed by atoms with Gasteiger partial charge in [0.2, 0.25) is 17.7 Å². The highest BCUT2D eigenvalue weighted by Gasteiger charge is 2.46. The van der Waals surface area contributed by atoms with Crippen LogP contribution in [0.3, 0.4) is 0 Å². The lowest BCUT2D eigenvalue weighted by Gasteiger charge is -2.27. The molecule has 25 heavy (non-hydrogen) atoms. The van der Waals surface area contributed by atoms with Gasteiger partial charge in [-0.25, -0.2) is 0 Å². The fourth-order valence-electron chi connectivity index (χ4n) is 3.20. The molecule has 1 saturated carbocycles. The number of hydrogen-bond donors (Lipinski definition) is 2. The molecule has 8 nitrogen and oxygen atoms in total. The van der Waals surface area contributed by atoms with E-state index in [1.807, 2.05) is 0 Å². The molecule has 1 aliphatic carbocycles. The summed E-state index contributed by atoms with van der Waals surface area (Å²) < 4.78 is 0. The fraction of sp³-hybridized carbons (Fsp3) is 0.353. The summed E-state index contributed by atoms with van der Waals surface area (Å²) in [7, 11) is 0. The smallest absolute Gasteiger partial charge is 0.264 e. The minimum Gasteiger partial charge on any atom is -0.325 e. The molecule has 1 aromatic carbocycles. The highest BCUT2D eigenvalue weighted by Crippen LogP contribution is 2.34. The van der Waals surface area contributed by atoms with Crippen molar-refractivity contribution >= 4 is 35.2 Å². The minimum absolute atomic E-state index is 0.0469. The van der Waals surface area contributed by atoms with Gasteiger partial charge in [-0.3, -0.25) is 34.2 Å². The number of benzene rings is 1. The average molecular weight is 341 g/mol. The van der Waals surface area contributed by atoms with E-state index in [-0.39, 0.29) is 41.5 Å². The van der Waals surface area contributed by atoms with Gasteiger partial charge in [-0.1, -0.05) is 6.07 Å². The first-order valence-electron chi connectivity index (χ1n) is 8.13. The van der Waals surface area contributed by atoms with Crippen molar-refractivity contribution in [3.05, 3.63) is 29.3 Å². The van der Waals surface area contributed by atoms with E-state index in [4.69, 9.17) is 0 Å². The van der Waals surface area contributed by atoms with Crippen LogP contribution in [0, 0.1) is 5.92 Å². The largest absolute Gasteiger partial charge is 0.325 e. The summed E-state index contributed by atoms with van der Waals surface area (Å²) in [5.74, 6) is -2.51. The Morgan fingerprint density at radius 1 is 1.08 bits per heavy atom. The maximum Gasteiger partial charge on any atom is 0.264 e. The van der Waals surface area contributed by atoms with Gasteiger partial charge in [0.15, 0.2) is 0 Å². The lowest BCUT2D eigenvalue weighted by molar-refractivity contribution is -0.136. The molecule has 128 valence electrons. The van der Waals surface area contributed by atoms with Crippen molar-refractivity contribution < 1.29 is 24.0 Å². The van der Waals surface area contributed by atoms with Crippen LogP contribution in [0.1, 0.15) is 46.4 Å². The van der Waals surface area contributed by atoms with Gasteiger partial charge in [-0.05, 0) is 31.4 Å². The molecular weight excluding hydrogens is 326 g/mol. The maximum atomic E-state index is 12.8. The molecule has 2 fully saturated rings. The van der Waals surface area contributed by atoms with Crippen LogP contribution in [-0.2, 0) is 14.4 Å². The zero-order valence-electron chi connectivity index (χ0n) is 13.2. The number of piperidine rings is 1. The molecule has 0 aromatic heterocycles. The summed E-state index contributed by atoms with van der Waals surface area (Å²) in [5, 5.41) is 4.85. The van der Waals surface area contributed by atoms with Crippen LogP contribution in [0.2, 0.25) is 0 Å². The zero-order valence-corrected chi connectivity index (χ0v) is 13.2. The average Bonchev–Trinajstić information content (AvgIpc) is 3.38. The van der Waals surface area contributed by atoms with Crippen molar-refractivity contribution in [3.63, 3.8) is 0 Å². The Morgan fingerprint density at radius 3 is 2.52 bits per heavy atom. The number of nitrogens with one attached hydrogen (secondary N) is 2. The third-order valence-corrected chi connectivity index (χ3v) is 4.67. The molecule has 2 N–H and O–H groups in total. The standard InChI is InChI=1S/C17H15N3O5/c21-12-7-6-11(15(23)19-12)20-16(24)9-2-1-3-10(13(9)17(20)25)18-14(22)8-4-5-8/h1-3,8,11H,4-7H2,(H,18,22)(H,19,21,23). The van der Waals surface area contributed by atoms with Crippen molar-refractivity contribution in [2.75, 3.05) is 5.32 Å². The Labute approximate surface area is 142 Å². The second kappa shape index (κ2) is 5.51. The summed E-state index contributed by atoms with van der Waals surface area (Å²) in [6.07, 6.45) is 1.79. The van der Waals surface area contributed by atoms with E-state index in [9.17, 15) is 24.0 Å². The second-order valence-electron chi connectivity index (χ2n) is 6.44. The van der Waals surface area contributed by atoms with E-state index < -0.39 is 29.7 Å². The van der Waals surface area contributed by atoms with Gasteiger partial charge in [0.05, 0.1) is 16.8 Å². The number of hydrogen-bond acceptors (Lipinski definition) is 5. The van der Waals surface area contributed by atoms with Crippen LogP contribution in [0.5, 0.6) is 0 Å². The summed E-state index contributed by atoms with van der Waals surface area (Å²) in [6.45, 7) is 0. The van der Waals surface area contributed by atoms with Crippen molar-refractivity contribution in [3.8, 4) is 0 Å². The van der Waals surface area contributed by atoms with E-state index in [2.05, 4.69) is 10.6 Å². The lowest BCUT2D eigenvalue weighted by atomic mass is 10.0. The number of rotatable bonds is 3. The Bertz CT molecular complexity index is 843. The predicted octanol–water partition coefficient (Wildman–Crippen LogP) is 0.436. The van der Waals surface area contributed by atoms with E-state index in [1.165, 1.54) is 6.07 Å². The van der Waals surface area contributed by atoms with Crippen molar-refractivity contribution in [1.82, 2.24) is 10.2 Å². The van der Waals surface area contributed by atoms with Crippen molar-refractivity contribution in [2.24, 2.45) is 5.92 Å². The molecule has 1 atom stereocenters. The number of nitrogens with zero attached hydrogens (tertiary/aromatic N) is 1. The molecule has 2 heterocycles. The molecule has 0 bridgehead atoms. The third-order valence-electron chi connectivity index (χ3n) is 4.67. The molecule has 0 spiro atoms. The predicted molar refractivity (Wildman–Crippen MR) is 84.5 cm³/mol. The summed E-state index contributed by atoms with van der Waals surface area (Å²) in [5.41, 5.74) is 0.539. The first-order valence-corrected chi connectivity index (χ1v) is 8.13. The molecule has 0 radical (unpaired) electrons. The second-order valence-corrected chi connectivity index (χ2v) is 6.44. The van der Waals surface area contributed by atoms with Crippen LogP contribution < -0.4 is 10.6 Å². The molecular formula is C17H15N3O5. The Morgan fingerprint density at radius 2 is 1.84 bits per heavy atom. The molecule has 5 amide bonds. The Kier molecular flexibility index (Phi) is 3.41.